The molecule has 5 nitrogen and oxygen atoms in total. The number of carbonyl (C=O) groups excluding carboxylic acids is 1. The molecule has 1 amide bonds. The van der Waals surface area contributed by atoms with Crippen LogP contribution < -0.4 is 20.1 Å². The number of anilines is 2. The first kappa shape index (κ1) is 19.6. The van der Waals surface area contributed by atoms with Crippen LogP contribution in [-0.4, -0.2) is 19.6 Å². The molecule has 2 N–H and O–H groups in total. The molecule has 0 bridgehead atoms. The molecule has 1 fully saturated rings. The van der Waals surface area contributed by atoms with Gasteiger partial charge in [-0.05, 0) is 48.6 Å². The fraction of sp³-hybridized carbons (Fsp3) is 0.458. The number of amides is 1. The molecule has 2 aromatic carbocycles. The van der Waals surface area contributed by atoms with Crippen molar-refractivity contribution in [2.45, 2.75) is 57.4 Å². The van der Waals surface area contributed by atoms with Crippen molar-refractivity contribution in [3.63, 3.8) is 0 Å². The minimum Gasteiger partial charge on any atom is -0.497 e. The molecule has 0 unspecified atom stereocenters. The second-order valence-corrected chi connectivity index (χ2v) is 8.15. The molecule has 1 heterocycles. The highest BCUT2D eigenvalue weighted by Crippen LogP contribution is 2.57. The number of nitrogens with zero attached hydrogens (tertiary/aromatic N) is 1. The Morgan fingerprint density at radius 3 is 2.52 bits per heavy atom. The zero-order chi connectivity index (χ0) is 20.4. The molecule has 0 saturated heterocycles. The second-order valence-electron chi connectivity index (χ2n) is 8.15. The van der Waals surface area contributed by atoms with Gasteiger partial charge in [0.25, 0.3) is 0 Å². The number of benzene rings is 2. The lowest BCUT2D eigenvalue weighted by Gasteiger charge is -2.37. The van der Waals surface area contributed by atoms with Crippen LogP contribution in [-0.2, 0) is 16.8 Å². The van der Waals surface area contributed by atoms with Crippen LogP contribution in [0.15, 0.2) is 36.4 Å². The first-order valence-corrected chi connectivity index (χ1v) is 10.6. The third-order valence-electron chi connectivity index (χ3n) is 6.25. The van der Waals surface area contributed by atoms with Crippen molar-refractivity contribution in [1.82, 2.24) is 0 Å². The molecule has 4 rings (SSSR count). The zero-order valence-corrected chi connectivity index (χ0v) is 17.4. The van der Waals surface area contributed by atoms with Gasteiger partial charge in [0.1, 0.15) is 11.5 Å². The van der Waals surface area contributed by atoms with Crippen molar-refractivity contribution in [2.24, 2.45) is 0 Å². The maximum atomic E-state index is 13.5. The number of methoxy groups -OCH3 is 1. The van der Waals surface area contributed by atoms with Gasteiger partial charge in [-0.3, -0.25) is 4.79 Å². The molecule has 0 aromatic heterocycles. The molecule has 5 heteroatoms. The number of rotatable bonds is 8. The smallest absolute Gasteiger partial charge is 0.238 e. The molecule has 1 aliphatic heterocycles. The van der Waals surface area contributed by atoms with Crippen LogP contribution in [0.3, 0.4) is 0 Å². The summed E-state index contributed by atoms with van der Waals surface area (Å²) in [6.07, 6.45) is 6.11. The monoisotopic (exact) mass is 394 g/mol. The average Bonchev–Trinajstić information content (AvgIpc) is 2.94. The van der Waals surface area contributed by atoms with Crippen LogP contribution >= 0.6 is 0 Å². The molecule has 1 spiro atoms. The highest BCUT2D eigenvalue weighted by molar-refractivity contribution is 6.10. The summed E-state index contributed by atoms with van der Waals surface area (Å²) in [5.74, 6) is 1.73. The number of carbonyl (C=O) groups is 1. The SMILES string of the molecule is CCCCCOc1cc(N)cc2c1N(Cc1ccc(OC)cc1)C(=O)C21CCC1. The summed E-state index contributed by atoms with van der Waals surface area (Å²) in [4.78, 5) is 15.4. The molecule has 0 radical (unpaired) electrons. The molecular formula is C24H30N2O3. The largest absolute Gasteiger partial charge is 0.497 e. The Hall–Kier alpha value is -2.69. The maximum absolute atomic E-state index is 13.5. The molecule has 29 heavy (non-hydrogen) atoms. The van der Waals surface area contributed by atoms with Gasteiger partial charge in [-0.15, -0.1) is 0 Å². The van der Waals surface area contributed by atoms with Crippen molar-refractivity contribution in [1.29, 1.82) is 0 Å². The predicted octanol–water partition coefficient (Wildman–Crippen LogP) is 4.81. The van der Waals surface area contributed by atoms with Gasteiger partial charge in [0.15, 0.2) is 0 Å². The number of nitrogen functional groups attached to an aromatic ring is 1. The number of nitrogens with two attached hydrogens (primary N) is 1. The minimum absolute atomic E-state index is 0.179. The lowest BCUT2D eigenvalue weighted by atomic mass is 9.65. The first-order valence-electron chi connectivity index (χ1n) is 10.6. The highest BCUT2D eigenvalue weighted by Gasteiger charge is 2.55. The fourth-order valence-corrected chi connectivity index (χ4v) is 4.47. The molecule has 2 aliphatic rings. The van der Waals surface area contributed by atoms with Gasteiger partial charge in [-0.1, -0.05) is 38.3 Å². The second kappa shape index (κ2) is 7.97. The lowest BCUT2D eigenvalue weighted by Crippen LogP contribution is -2.44. The summed E-state index contributed by atoms with van der Waals surface area (Å²) < 4.78 is 11.4. The van der Waals surface area contributed by atoms with Crippen LogP contribution in [0.1, 0.15) is 56.6 Å². The van der Waals surface area contributed by atoms with E-state index in [1.54, 1.807) is 7.11 Å². The summed E-state index contributed by atoms with van der Waals surface area (Å²) in [6, 6.07) is 11.7. The van der Waals surface area contributed by atoms with Crippen LogP contribution in [0.25, 0.3) is 0 Å². The van der Waals surface area contributed by atoms with E-state index in [0.717, 1.165) is 66.8 Å². The summed E-state index contributed by atoms with van der Waals surface area (Å²) >= 11 is 0. The van der Waals surface area contributed by atoms with Gasteiger partial charge in [-0.25, -0.2) is 0 Å². The number of hydrogen-bond donors (Lipinski definition) is 1. The van der Waals surface area contributed by atoms with Crippen LogP contribution in [0.4, 0.5) is 11.4 Å². The molecule has 2 aromatic rings. The molecular weight excluding hydrogens is 364 g/mol. The average molecular weight is 395 g/mol. The van der Waals surface area contributed by atoms with Gasteiger partial charge < -0.3 is 20.1 Å². The molecule has 1 saturated carbocycles. The number of ether oxygens (including phenoxy) is 2. The highest BCUT2D eigenvalue weighted by atomic mass is 16.5. The Morgan fingerprint density at radius 1 is 1.14 bits per heavy atom. The third-order valence-corrected chi connectivity index (χ3v) is 6.25. The molecule has 154 valence electrons. The standard InChI is InChI=1S/C24H30N2O3/c1-3-4-5-13-29-21-15-18(25)14-20-22(21)26(23(27)24(20)11-6-12-24)16-17-7-9-19(28-2)10-8-17/h7-10,14-15H,3-6,11-13,16,25H2,1-2H3. The van der Waals surface area contributed by atoms with E-state index in [1.165, 1.54) is 0 Å². The summed E-state index contributed by atoms with van der Waals surface area (Å²) in [7, 11) is 1.65. The number of unbranched alkanes of at least 4 members (excludes halogenated alkanes) is 2. The summed E-state index contributed by atoms with van der Waals surface area (Å²) in [5, 5.41) is 0. The quantitative estimate of drug-likeness (QED) is 0.515. The summed E-state index contributed by atoms with van der Waals surface area (Å²) in [5.41, 5.74) is 9.49. The lowest BCUT2D eigenvalue weighted by molar-refractivity contribution is -0.126. The Morgan fingerprint density at radius 2 is 1.90 bits per heavy atom. The van der Waals surface area contributed by atoms with Crippen LogP contribution in [0.5, 0.6) is 11.5 Å². The van der Waals surface area contributed by atoms with Gasteiger partial charge in [0, 0.05) is 11.8 Å². The van der Waals surface area contributed by atoms with Crippen molar-refractivity contribution in [3.8, 4) is 11.5 Å². The topological polar surface area (TPSA) is 64.8 Å². The predicted molar refractivity (Wildman–Crippen MR) is 116 cm³/mol. The van der Waals surface area contributed by atoms with E-state index in [1.807, 2.05) is 41.3 Å². The number of fused-ring (bicyclic) bond motifs is 2. The number of hydrogen-bond acceptors (Lipinski definition) is 4. The Kier molecular flexibility index (Phi) is 5.39. The van der Waals surface area contributed by atoms with Crippen LogP contribution in [0, 0.1) is 0 Å². The Labute approximate surface area is 172 Å². The van der Waals surface area contributed by atoms with E-state index >= 15 is 0 Å². The van der Waals surface area contributed by atoms with Crippen molar-refractivity contribution in [2.75, 3.05) is 24.4 Å². The van der Waals surface area contributed by atoms with E-state index in [-0.39, 0.29) is 5.91 Å². The zero-order valence-electron chi connectivity index (χ0n) is 17.4. The van der Waals surface area contributed by atoms with Gasteiger partial charge in [0.05, 0.1) is 31.4 Å². The first-order chi connectivity index (χ1) is 14.1. The third kappa shape index (κ3) is 3.43. The minimum atomic E-state index is -0.418. The van der Waals surface area contributed by atoms with Crippen LogP contribution in [0.2, 0.25) is 0 Å². The van der Waals surface area contributed by atoms with E-state index in [9.17, 15) is 4.79 Å². The van der Waals surface area contributed by atoms with E-state index < -0.39 is 5.41 Å². The van der Waals surface area contributed by atoms with E-state index in [0.29, 0.717) is 18.8 Å². The van der Waals surface area contributed by atoms with Gasteiger partial charge in [0.2, 0.25) is 5.91 Å². The van der Waals surface area contributed by atoms with E-state index in [2.05, 4.69) is 6.92 Å². The van der Waals surface area contributed by atoms with Gasteiger partial charge >= 0.3 is 0 Å². The van der Waals surface area contributed by atoms with Crippen molar-refractivity contribution in [3.05, 3.63) is 47.5 Å². The van der Waals surface area contributed by atoms with Crippen molar-refractivity contribution >= 4 is 17.3 Å². The molecule has 0 atom stereocenters. The van der Waals surface area contributed by atoms with Crippen molar-refractivity contribution < 1.29 is 14.3 Å². The Balaban J connectivity index is 1.69. The Bertz CT molecular complexity index is 888. The normalized spacial score (nSPS) is 16.6. The molecule has 1 aliphatic carbocycles. The van der Waals surface area contributed by atoms with Gasteiger partial charge in [-0.2, -0.15) is 0 Å². The maximum Gasteiger partial charge on any atom is 0.238 e. The summed E-state index contributed by atoms with van der Waals surface area (Å²) in [6.45, 7) is 3.34. The van der Waals surface area contributed by atoms with E-state index in [4.69, 9.17) is 15.2 Å². The fourth-order valence-electron chi connectivity index (χ4n) is 4.47.